The molecule has 0 aromatic heterocycles. The molecule has 1 aromatic carbocycles. The summed E-state index contributed by atoms with van der Waals surface area (Å²) in [7, 11) is 0. The van der Waals surface area contributed by atoms with E-state index in [1.165, 1.54) is 18.5 Å². The van der Waals surface area contributed by atoms with E-state index in [-0.39, 0.29) is 5.41 Å². The molecule has 1 unspecified atom stereocenters. The smallest absolute Gasteiger partial charge is 0.0784 e. The number of benzene rings is 1. The molecule has 0 bridgehead atoms. The van der Waals surface area contributed by atoms with Crippen LogP contribution in [0.25, 0.3) is 0 Å². The molecule has 1 atom stereocenters. The second-order valence-electron chi connectivity index (χ2n) is 6.20. The van der Waals surface area contributed by atoms with Crippen LogP contribution < -0.4 is 5.73 Å². The molecular formula is C16H24N2S. The van der Waals surface area contributed by atoms with Crippen molar-refractivity contribution in [2.45, 2.75) is 32.6 Å². The first-order valence-corrected chi connectivity index (χ1v) is 7.47. The lowest BCUT2D eigenvalue weighted by Crippen LogP contribution is -2.34. The molecule has 1 aliphatic rings. The maximum atomic E-state index is 5.79. The van der Waals surface area contributed by atoms with Crippen LogP contribution in [0.4, 0.5) is 0 Å². The highest BCUT2D eigenvalue weighted by atomic mass is 32.1. The van der Waals surface area contributed by atoms with Crippen LogP contribution in [0.5, 0.6) is 0 Å². The van der Waals surface area contributed by atoms with Gasteiger partial charge in [0.25, 0.3) is 0 Å². The molecule has 19 heavy (non-hydrogen) atoms. The molecule has 2 rings (SSSR count). The molecule has 2 nitrogen and oxygen atoms in total. The summed E-state index contributed by atoms with van der Waals surface area (Å²) < 4.78 is 0. The third-order valence-electron chi connectivity index (χ3n) is 4.26. The quantitative estimate of drug-likeness (QED) is 0.838. The Labute approximate surface area is 122 Å². The molecule has 0 spiro atoms. The molecular weight excluding hydrogens is 252 g/mol. The molecule has 104 valence electrons. The van der Waals surface area contributed by atoms with Crippen LogP contribution in [-0.4, -0.2) is 29.5 Å². The topological polar surface area (TPSA) is 29.3 Å². The Hall–Kier alpha value is -0.930. The lowest BCUT2D eigenvalue weighted by molar-refractivity contribution is 0.291. The summed E-state index contributed by atoms with van der Waals surface area (Å²) in [5, 5.41) is 0. The van der Waals surface area contributed by atoms with Gasteiger partial charge in [0.05, 0.1) is 4.99 Å². The molecule has 0 radical (unpaired) electrons. The molecule has 3 heteroatoms. The lowest BCUT2D eigenvalue weighted by atomic mass is 9.89. The summed E-state index contributed by atoms with van der Waals surface area (Å²) in [5.41, 5.74) is 7.23. The monoisotopic (exact) mass is 276 g/mol. The summed E-state index contributed by atoms with van der Waals surface area (Å²) in [6.45, 7) is 7.72. The average molecular weight is 276 g/mol. The number of likely N-dealkylation sites (tertiary alicyclic amines) is 1. The van der Waals surface area contributed by atoms with Gasteiger partial charge in [-0.15, -0.1) is 0 Å². The fraction of sp³-hybridized carbons (Fsp3) is 0.562. The highest BCUT2D eigenvalue weighted by Crippen LogP contribution is 2.28. The minimum absolute atomic E-state index is 0.0276. The van der Waals surface area contributed by atoms with Crippen LogP contribution in [0, 0.1) is 5.41 Å². The van der Waals surface area contributed by atoms with Crippen molar-refractivity contribution in [2.75, 3.05) is 19.6 Å². The molecule has 1 fully saturated rings. The number of rotatable bonds is 5. The molecule has 0 saturated carbocycles. The third kappa shape index (κ3) is 3.77. The van der Waals surface area contributed by atoms with Crippen molar-refractivity contribution in [3.63, 3.8) is 0 Å². The molecule has 0 amide bonds. The number of nitrogens with two attached hydrogens (primary N) is 1. The molecule has 2 N–H and O–H groups in total. The minimum atomic E-state index is -0.0276. The number of nitrogens with zero attached hydrogens (tertiary/aromatic N) is 1. The molecule has 0 aliphatic carbocycles. The first-order chi connectivity index (χ1) is 8.99. The van der Waals surface area contributed by atoms with Gasteiger partial charge >= 0.3 is 0 Å². The number of thiocarbonyl (C=S) groups is 1. The molecule has 1 saturated heterocycles. The van der Waals surface area contributed by atoms with Gasteiger partial charge in [-0.2, -0.15) is 0 Å². The first kappa shape index (κ1) is 14.5. The zero-order valence-electron chi connectivity index (χ0n) is 11.9. The van der Waals surface area contributed by atoms with Gasteiger partial charge in [-0.05, 0) is 37.4 Å². The summed E-state index contributed by atoms with van der Waals surface area (Å²) in [4.78, 5) is 3.17. The fourth-order valence-electron chi connectivity index (χ4n) is 2.59. The third-order valence-corrected chi connectivity index (χ3v) is 4.82. The number of hydrogen-bond donors (Lipinski definition) is 1. The van der Waals surface area contributed by atoms with Gasteiger partial charge in [-0.3, -0.25) is 0 Å². The summed E-state index contributed by atoms with van der Waals surface area (Å²) in [6.07, 6.45) is 2.31. The molecule has 1 aromatic rings. The van der Waals surface area contributed by atoms with E-state index in [9.17, 15) is 0 Å². The average Bonchev–Trinajstić information content (AvgIpc) is 2.86. The SMILES string of the molecule is CC(C)(CCN1CCC(c2ccccc2)C1)C(N)=S. The van der Waals surface area contributed by atoms with Gasteiger partial charge in [-0.25, -0.2) is 0 Å². The van der Waals surface area contributed by atoms with Gasteiger partial charge in [0.15, 0.2) is 0 Å². The van der Waals surface area contributed by atoms with E-state index in [1.54, 1.807) is 0 Å². The minimum Gasteiger partial charge on any atom is -0.393 e. The van der Waals surface area contributed by atoms with Crippen molar-refractivity contribution in [3.05, 3.63) is 35.9 Å². The van der Waals surface area contributed by atoms with E-state index >= 15 is 0 Å². The lowest BCUT2D eigenvalue weighted by Gasteiger charge is -2.26. The van der Waals surface area contributed by atoms with Gasteiger partial charge in [0.2, 0.25) is 0 Å². The maximum Gasteiger partial charge on any atom is 0.0784 e. The Bertz CT molecular complexity index is 428. The maximum absolute atomic E-state index is 5.79. The predicted molar refractivity (Wildman–Crippen MR) is 85.4 cm³/mol. The van der Waals surface area contributed by atoms with Crippen molar-refractivity contribution < 1.29 is 0 Å². The van der Waals surface area contributed by atoms with Gasteiger partial charge in [-0.1, -0.05) is 56.4 Å². The van der Waals surface area contributed by atoms with E-state index in [1.807, 2.05) is 0 Å². The number of hydrogen-bond acceptors (Lipinski definition) is 2. The van der Waals surface area contributed by atoms with Crippen molar-refractivity contribution in [1.29, 1.82) is 0 Å². The van der Waals surface area contributed by atoms with E-state index < -0.39 is 0 Å². The van der Waals surface area contributed by atoms with Crippen LogP contribution in [0.3, 0.4) is 0 Å². The Morgan fingerprint density at radius 3 is 2.68 bits per heavy atom. The summed E-state index contributed by atoms with van der Waals surface area (Å²) in [5.74, 6) is 0.689. The van der Waals surface area contributed by atoms with Crippen molar-refractivity contribution in [1.82, 2.24) is 4.90 Å². The standard InChI is InChI=1S/C16H24N2S/c1-16(2,15(17)19)9-11-18-10-8-14(12-18)13-6-4-3-5-7-13/h3-7,14H,8-12H2,1-2H3,(H2,17,19). The van der Waals surface area contributed by atoms with E-state index in [4.69, 9.17) is 18.0 Å². The van der Waals surface area contributed by atoms with E-state index in [0.29, 0.717) is 10.9 Å². The highest BCUT2D eigenvalue weighted by molar-refractivity contribution is 7.80. The van der Waals surface area contributed by atoms with Crippen molar-refractivity contribution in [2.24, 2.45) is 11.1 Å². The Morgan fingerprint density at radius 2 is 2.05 bits per heavy atom. The van der Waals surface area contributed by atoms with Crippen LogP contribution in [0.1, 0.15) is 38.2 Å². The summed E-state index contributed by atoms with van der Waals surface area (Å²) in [6, 6.07) is 10.8. The highest BCUT2D eigenvalue weighted by Gasteiger charge is 2.27. The normalized spacial score (nSPS) is 20.6. The molecule has 1 heterocycles. The van der Waals surface area contributed by atoms with Crippen LogP contribution in [0.15, 0.2) is 30.3 Å². The second kappa shape index (κ2) is 6.02. The predicted octanol–water partition coefficient (Wildman–Crippen LogP) is 3.18. The fourth-order valence-corrected chi connectivity index (χ4v) is 2.70. The van der Waals surface area contributed by atoms with Crippen LogP contribution in [0.2, 0.25) is 0 Å². The van der Waals surface area contributed by atoms with Crippen LogP contribution in [-0.2, 0) is 0 Å². The van der Waals surface area contributed by atoms with Gasteiger partial charge < -0.3 is 10.6 Å². The summed E-state index contributed by atoms with van der Waals surface area (Å²) >= 11 is 5.13. The molecule has 1 aliphatic heterocycles. The Kier molecular flexibility index (Phi) is 4.58. The van der Waals surface area contributed by atoms with E-state index in [2.05, 4.69) is 49.1 Å². The van der Waals surface area contributed by atoms with Crippen molar-refractivity contribution >= 4 is 17.2 Å². The van der Waals surface area contributed by atoms with Crippen molar-refractivity contribution in [3.8, 4) is 0 Å². The largest absolute Gasteiger partial charge is 0.393 e. The zero-order chi connectivity index (χ0) is 13.9. The van der Waals surface area contributed by atoms with E-state index in [0.717, 1.165) is 19.5 Å². The Morgan fingerprint density at radius 1 is 1.37 bits per heavy atom. The van der Waals surface area contributed by atoms with Crippen LogP contribution >= 0.6 is 12.2 Å². The Balaban J connectivity index is 1.85. The van der Waals surface area contributed by atoms with Gasteiger partial charge in [0, 0.05) is 12.0 Å². The zero-order valence-corrected chi connectivity index (χ0v) is 12.7. The van der Waals surface area contributed by atoms with Gasteiger partial charge in [0.1, 0.15) is 0 Å². The first-order valence-electron chi connectivity index (χ1n) is 7.06. The second-order valence-corrected chi connectivity index (χ2v) is 6.63.